The maximum atomic E-state index is 9.23. The summed E-state index contributed by atoms with van der Waals surface area (Å²) in [4.78, 5) is 0. The second-order valence-corrected chi connectivity index (χ2v) is 3.12. The first-order chi connectivity index (χ1) is 6.56. The molecule has 0 spiro atoms. The Morgan fingerprint density at radius 2 is 1.71 bits per heavy atom. The third-order valence-corrected chi connectivity index (χ3v) is 1.92. The van der Waals surface area contributed by atoms with Crippen molar-refractivity contribution in [2.45, 2.75) is 31.3 Å². The van der Waals surface area contributed by atoms with Crippen molar-refractivity contribution >= 4 is 0 Å². The summed E-state index contributed by atoms with van der Waals surface area (Å²) in [5.41, 5.74) is 5.29. The second-order valence-electron chi connectivity index (χ2n) is 3.12. The Morgan fingerprint density at radius 1 is 1.14 bits per heavy atom. The van der Waals surface area contributed by atoms with Crippen LogP contribution in [-0.2, 0) is 4.74 Å². The summed E-state index contributed by atoms with van der Waals surface area (Å²) >= 11 is 0. The zero-order chi connectivity index (χ0) is 11.1. The quantitative estimate of drug-likeness (QED) is 0.314. The molecule has 0 aliphatic heterocycles. The van der Waals surface area contributed by atoms with E-state index in [-0.39, 0.29) is 13.2 Å². The number of aliphatic hydroxyl groups is 4. The van der Waals surface area contributed by atoms with Crippen molar-refractivity contribution in [3.8, 4) is 0 Å². The molecule has 0 aromatic heterocycles. The van der Waals surface area contributed by atoms with Crippen LogP contribution in [0, 0.1) is 0 Å². The van der Waals surface area contributed by atoms with E-state index in [1.54, 1.807) is 0 Å². The van der Waals surface area contributed by atoms with Crippen LogP contribution in [0.25, 0.3) is 0 Å². The maximum absolute atomic E-state index is 9.23. The lowest BCUT2D eigenvalue weighted by Crippen LogP contribution is -2.44. The molecule has 6 N–H and O–H groups in total. The number of aliphatic hydroxyl groups excluding tert-OH is 4. The van der Waals surface area contributed by atoms with Crippen LogP contribution in [0.3, 0.4) is 0 Å². The molecule has 0 rings (SSSR count). The molecule has 0 aromatic rings. The van der Waals surface area contributed by atoms with E-state index in [1.807, 2.05) is 0 Å². The summed E-state index contributed by atoms with van der Waals surface area (Å²) in [6.45, 7) is 0.622. The van der Waals surface area contributed by atoms with Crippen molar-refractivity contribution in [3.63, 3.8) is 0 Å². The van der Waals surface area contributed by atoms with Gasteiger partial charge in [0.1, 0.15) is 12.2 Å². The molecule has 0 heterocycles. The van der Waals surface area contributed by atoms with Crippen LogP contribution in [0.2, 0.25) is 0 Å². The standard InChI is InChI=1S/C8H19NO5/c1-5(12)8(4-11)14-7(2-9)6(13)3-10/h5-8,10-13H,2-4,9H2,1H3. The van der Waals surface area contributed by atoms with E-state index in [2.05, 4.69) is 0 Å². The van der Waals surface area contributed by atoms with Gasteiger partial charge < -0.3 is 30.9 Å². The molecule has 0 bridgehead atoms. The molecule has 0 amide bonds. The van der Waals surface area contributed by atoms with Crippen LogP contribution in [0.1, 0.15) is 6.92 Å². The first-order valence-electron chi connectivity index (χ1n) is 4.50. The van der Waals surface area contributed by atoms with Gasteiger partial charge in [-0.2, -0.15) is 0 Å². The molecule has 0 aromatic carbocycles. The van der Waals surface area contributed by atoms with E-state index >= 15 is 0 Å². The molecule has 0 fully saturated rings. The summed E-state index contributed by atoms with van der Waals surface area (Å²) < 4.78 is 5.13. The minimum atomic E-state index is -1.10. The number of hydrogen-bond acceptors (Lipinski definition) is 6. The fourth-order valence-corrected chi connectivity index (χ4v) is 0.955. The lowest BCUT2D eigenvalue weighted by molar-refractivity contribution is -0.130. The van der Waals surface area contributed by atoms with Gasteiger partial charge in [-0.05, 0) is 6.92 Å². The fraction of sp³-hybridized carbons (Fsp3) is 1.00. The van der Waals surface area contributed by atoms with Gasteiger partial charge in [0.25, 0.3) is 0 Å². The van der Waals surface area contributed by atoms with Gasteiger partial charge in [0.15, 0.2) is 0 Å². The van der Waals surface area contributed by atoms with E-state index in [9.17, 15) is 5.11 Å². The van der Waals surface area contributed by atoms with Gasteiger partial charge in [0.2, 0.25) is 0 Å². The fourth-order valence-electron chi connectivity index (χ4n) is 0.955. The molecule has 6 heteroatoms. The van der Waals surface area contributed by atoms with Crippen LogP contribution >= 0.6 is 0 Å². The molecule has 6 nitrogen and oxygen atoms in total. The molecule has 0 saturated heterocycles. The monoisotopic (exact) mass is 209 g/mol. The van der Waals surface area contributed by atoms with E-state index < -0.39 is 31.0 Å². The van der Waals surface area contributed by atoms with E-state index in [1.165, 1.54) is 6.92 Å². The Hall–Kier alpha value is -0.240. The van der Waals surface area contributed by atoms with E-state index in [0.29, 0.717) is 0 Å². The average molecular weight is 209 g/mol. The van der Waals surface area contributed by atoms with Gasteiger partial charge >= 0.3 is 0 Å². The first-order valence-corrected chi connectivity index (χ1v) is 4.50. The predicted octanol–water partition coefficient (Wildman–Crippen LogP) is -2.57. The maximum Gasteiger partial charge on any atom is 0.107 e. The zero-order valence-electron chi connectivity index (χ0n) is 8.21. The highest BCUT2D eigenvalue weighted by Crippen LogP contribution is 2.06. The summed E-state index contributed by atoms with van der Waals surface area (Å²) in [5, 5.41) is 35.8. The van der Waals surface area contributed by atoms with Gasteiger partial charge in [0, 0.05) is 6.54 Å². The van der Waals surface area contributed by atoms with Gasteiger partial charge in [-0.15, -0.1) is 0 Å². The topological polar surface area (TPSA) is 116 Å². The highest BCUT2D eigenvalue weighted by Gasteiger charge is 2.24. The highest BCUT2D eigenvalue weighted by atomic mass is 16.5. The molecular formula is C8H19NO5. The third-order valence-electron chi connectivity index (χ3n) is 1.92. The highest BCUT2D eigenvalue weighted by molar-refractivity contribution is 4.73. The molecule has 0 saturated carbocycles. The molecule has 0 radical (unpaired) electrons. The van der Waals surface area contributed by atoms with Crippen LogP contribution in [-0.4, -0.2) is 64.6 Å². The predicted molar refractivity (Wildman–Crippen MR) is 49.6 cm³/mol. The van der Waals surface area contributed by atoms with E-state index in [4.69, 9.17) is 25.8 Å². The summed E-state index contributed by atoms with van der Waals surface area (Å²) in [7, 11) is 0. The lowest BCUT2D eigenvalue weighted by atomic mass is 10.2. The summed E-state index contributed by atoms with van der Waals surface area (Å²) in [5.74, 6) is 0. The molecule has 14 heavy (non-hydrogen) atoms. The Kier molecular flexibility index (Phi) is 6.98. The van der Waals surface area contributed by atoms with Gasteiger partial charge in [-0.3, -0.25) is 0 Å². The van der Waals surface area contributed by atoms with Crippen molar-refractivity contribution in [3.05, 3.63) is 0 Å². The van der Waals surface area contributed by atoms with Crippen molar-refractivity contribution < 1.29 is 25.2 Å². The molecule has 86 valence electrons. The van der Waals surface area contributed by atoms with Gasteiger partial charge in [-0.25, -0.2) is 0 Å². The van der Waals surface area contributed by atoms with Crippen LogP contribution in [0.15, 0.2) is 0 Å². The lowest BCUT2D eigenvalue weighted by Gasteiger charge is -2.26. The Bertz CT molecular complexity index is 144. The van der Waals surface area contributed by atoms with Gasteiger partial charge in [-0.1, -0.05) is 0 Å². The van der Waals surface area contributed by atoms with Crippen LogP contribution < -0.4 is 5.73 Å². The Balaban J connectivity index is 4.13. The minimum Gasteiger partial charge on any atom is -0.394 e. The van der Waals surface area contributed by atoms with Crippen LogP contribution in [0.5, 0.6) is 0 Å². The Labute approximate surface area is 82.9 Å². The Morgan fingerprint density at radius 3 is 2.00 bits per heavy atom. The largest absolute Gasteiger partial charge is 0.394 e. The number of hydrogen-bond donors (Lipinski definition) is 5. The van der Waals surface area contributed by atoms with E-state index in [0.717, 1.165) is 0 Å². The SMILES string of the molecule is CC(O)C(CO)OC(CN)C(O)CO. The molecule has 4 atom stereocenters. The summed E-state index contributed by atoms with van der Waals surface area (Å²) in [6.07, 6.45) is -3.55. The molecular weight excluding hydrogens is 190 g/mol. The third kappa shape index (κ3) is 4.32. The molecule has 0 aliphatic carbocycles. The first kappa shape index (κ1) is 13.8. The van der Waals surface area contributed by atoms with Crippen molar-refractivity contribution in [2.75, 3.05) is 19.8 Å². The van der Waals surface area contributed by atoms with Gasteiger partial charge in [0.05, 0.1) is 25.4 Å². The number of ether oxygens (including phenoxy) is 1. The molecule has 4 unspecified atom stereocenters. The average Bonchev–Trinajstić information content (AvgIpc) is 2.18. The molecule has 0 aliphatic rings. The van der Waals surface area contributed by atoms with Crippen molar-refractivity contribution in [1.82, 2.24) is 0 Å². The van der Waals surface area contributed by atoms with Crippen molar-refractivity contribution in [1.29, 1.82) is 0 Å². The number of nitrogens with two attached hydrogens (primary N) is 1. The second kappa shape index (κ2) is 7.10. The minimum absolute atomic E-state index is 0.00491. The smallest absolute Gasteiger partial charge is 0.107 e. The zero-order valence-corrected chi connectivity index (χ0v) is 8.21. The van der Waals surface area contributed by atoms with Crippen molar-refractivity contribution in [2.24, 2.45) is 5.73 Å². The summed E-state index contributed by atoms with van der Waals surface area (Å²) in [6, 6.07) is 0. The normalized spacial score (nSPS) is 20.1. The van der Waals surface area contributed by atoms with Crippen LogP contribution in [0.4, 0.5) is 0 Å². The number of rotatable bonds is 7.